The minimum Gasteiger partial charge on any atom is -0.494 e. The highest BCUT2D eigenvalue weighted by Crippen LogP contribution is 2.30. The Hall–Kier alpha value is -3.15. The van der Waals surface area contributed by atoms with Crippen LogP contribution in [0.15, 0.2) is 35.1 Å². The summed E-state index contributed by atoms with van der Waals surface area (Å²) in [4.78, 5) is 43.2. The molecule has 0 aromatic carbocycles. The zero-order chi connectivity index (χ0) is 26.9. The number of pyridine rings is 1. The molecule has 0 radical (unpaired) electrons. The maximum absolute atomic E-state index is 13.2. The van der Waals surface area contributed by atoms with E-state index in [9.17, 15) is 19.5 Å². The van der Waals surface area contributed by atoms with Gasteiger partial charge in [-0.1, -0.05) is 32.4 Å². The van der Waals surface area contributed by atoms with Crippen molar-refractivity contribution in [3.05, 3.63) is 49.9 Å². The third-order valence-corrected chi connectivity index (χ3v) is 7.21. The molecule has 3 aromatic heterocycles. The molecule has 3 aromatic rings. The molecule has 1 N–H and O–H groups in total. The SMILES string of the molecule is CN(Cc1ccc(Cl)s1)c1cc(-c2cc(O)n(CC(=O)N3CCOCC3)c(=O)c2)nn1C(=O)C(C)(C)C. The van der Waals surface area contributed by atoms with E-state index < -0.39 is 11.0 Å². The van der Waals surface area contributed by atoms with E-state index in [0.29, 0.717) is 54.3 Å². The third kappa shape index (κ3) is 6.06. The van der Waals surface area contributed by atoms with Crippen LogP contribution in [-0.2, 0) is 22.6 Å². The number of aromatic hydroxyl groups is 1. The van der Waals surface area contributed by atoms with Crippen LogP contribution in [0.25, 0.3) is 11.3 Å². The molecule has 0 unspecified atom stereocenters. The van der Waals surface area contributed by atoms with E-state index >= 15 is 0 Å². The van der Waals surface area contributed by atoms with Gasteiger partial charge in [-0.25, -0.2) is 0 Å². The fourth-order valence-electron chi connectivity index (χ4n) is 3.94. The summed E-state index contributed by atoms with van der Waals surface area (Å²) in [7, 11) is 1.84. The molecule has 0 spiro atoms. The van der Waals surface area contributed by atoms with Gasteiger partial charge in [-0.05, 0) is 12.1 Å². The Morgan fingerprint density at radius 2 is 1.89 bits per heavy atom. The standard InChI is InChI=1S/C25H30ClN5O5S/c1-25(2,3)24(35)31-20(28(4)14-17-5-6-19(26)37-17)13-18(27-31)16-11-21(32)30(22(33)12-16)15-23(34)29-7-9-36-10-8-29/h5-6,11-13,32H,7-10,14-15H2,1-4H3. The van der Waals surface area contributed by atoms with Crippen molar-refractivity contribution in [2.75, 3.05) is 38.3 Å². The zero-order valence-electron chi connectivity index (χ0n) is 21.2. The second kappa shape index (κ2) is 10.7. The van der Waals surface area contributed by atoms with Gasteiger partial charge in [0, 0.05) is 54.2 Å². The molecule has 1 amide bonds. The number of rotatable bonds is 6. The topological polar surface area (TPSA) is 110 Å². The van der Waals surface area contributed by atoms with Crippen LogP contribution in [0.3, 0.4) is 0 Å². The highest BCUT2D eigenvalue weighted by atomic mass is 35.5. The number of nitrogens with zero attached hydrogens (tertiary/aromatic N) is 5. The van der Waals surface area contributed by atoms with Crippen molar-refractivity contribution in [1.82, 2.24) is 19.2 Å². The normalized spacial score (nSPS) is 14.1. The van der Waals surface area contributed by atoms with E-state index in [-0.39, 0.29) is 24.2 Å². The highest BCUT2D eigenvalue weighted by molar-refractivity contribution is 7.16. The Labute approximate surface area is 223 Å². The fraction of sp³-hybridized carbons (Fsp3) is 0.440. The van der Waals surface area contributed by atoms with Gasteiger partial charge >= 0.3 is 0 Å². The van der Waals surface area contributed by atoms with Gasteiger partial charge in [-0.15, -0.1) is 11.3 Å². The van der Waals surface area contributed by atoms with Gasteiger partial charge in [0.1, 0.15) is 12.4 Å². The molecule has 1 fully saturated rings. The number of carbonyl (C=O) groups excluding carboxylic acids is 2. The maximum Gasteiger partial charge on any atom is 0.254 e. The van der Waals surface area contributed by atoms with Gasteiger partial charge in [0.15, 0.2) is 5.88 Å². The Balaban J connectivity index is 1.66. The number of hydrogen-bond donors (Lipinski definition) is 1. The molecular formula is C25H30ClN5O5S. The molecule has 0 aliphatic carbocycles. The molecule has 0 bridgehead atoms. The first-order valence-electron chi connectivity index (χ1n) is 11.8. The van der Waals surface area contributed by atoms with E-state index in [4.69, 9.17) is 16.3 Å². The second-order valence-electron chi connectivity index (χ2n) is 9.94. The molecule has 4 rings (SSSR count). The monoisotopic (exact) mass is 547 g/mol. The zero-order valence-corrected chi connectivity index (χ0v) is 22.8. The van der Waals surface area contributed by atoms with E-state index in [2.05, 4.69) is 5.10 Å². The molecule has 10 nitrogen and oxygen atoms in total. The summed E-state index contributed by atoms with van der Waals surface area (Å²) in [5.41, 5.74) is -0.567. The van der Waals surface area contributed by atoms with Crippen molar-refractivity contribution in [2.24, 2.45) is 5.41 Å². The van der Waals surface area contributed by atoms with Crippen LogP contribution in [0.2, 0.25) is 4.34 Å². The molecular weight excluding hydrogens is 518 g/mol. The van der Waals surface area contributed by atoms with E-state index in [1.807, 2.05) is 24.1 Å². The average molecular weight is 548 g/mol. The number of carbonyl (C=O) groups is 2. The summed E-state index contributed by atoms with van der Waals surface area (Å²) in [5, 5.41) is 15.2. The lowest BCUT2D eigenvalue weighted by Gasteiger charge is -2.27. The Morgan fingerprint density at radius 3 is 2.49 bits per heavy atom. The Kier molecular flexibility index (Phi) is 7.77. The lowest BCUT2D eigenvalue weighted by Crippen LogP contribution is -2.43. The summed E-state index contributed by atoms with van der Waals surface area (Å²) in [6.07, 6.45) is 0. The van der Waals surface area contributed by atoms with Crippen LogP contribution in [0.5, 0.6) is 5.88 Å². The molecule has 12 heteroatoms. The van der Waals surface area contributed by atoms with Crippen LogP contribution in [0.4, 0.5) is 5.82 Å². The highest BCUT2D eigenvalue weighted by Gasteiger charge is 2.29. The van der Waals surface area contributed by atoms with Crippen molar-refractivity contribution >= 4 is 40.6 Å². The van der Waals surface area contributed by atoms with E-state index in [1.165, 1.54) is 28.2 Å². The molecule has 198 valence electrons. The van der Waals surface area contributed by atoms with Gasteiger partial charge in [-0.2, -0.15) is 9.78 Å². The number of thiophene rings is 1. The quantitative estimate of drug-likeness (QED) is 0.504. The minimum atomic E-state index is -0.712. The first-order valence-corrected chi connectivity index (χ1v) is 13.0. The summed E-state index contributed by atoms with van der Waals surface area (Å²) in [5.74, 6) is -0.320. The Bertz CT molecular complexity index is 1370. The predicted octanol–water partition coefficient (Wildman–Crippen LogP) is 3.31. The Morgan fingerprint density at radius 1 is 1.19 bits per heavy atom. The van der Waals surface area contributed by atoms with Crippen LogP contribution in [0, 0.1) is 5.41 Å². The van der Waals surface area contributed by atoms with Crippen molar-refractivity contribution < 1.29 is 19.4 Å². The van der Waals surface area contributed by atoms with Gasteiger partial charge in [0.25, 0.3) is 11.5 Å². The number of aromatic nitrogens is 3. The molecule has 0 saturated carbocycles. The van der Waals surface area contributed by atoms with Crippen molar-refractivity contribution in [2.45, 2.75) is 33.9 Å². The molecule has 4 heterocycles. The maximum atomic E-state index is 13.2. The molecule has 1 aliphatic rings. The predicted molar refractivity (Wildman–Crippen MR) is 143 cm³/mol. The number of morpholine rings is 1. The summed E-state index contributed by atoms with van der Waals surface area (Å²) < 4.78 is 8.28. The van der Waals surface area contributed by atoms with Gasteiger partial charge < -0.3 is 19.6 Å². The van der Waals surface area contributed by atoms with Gasteiger partial charge in [-0.3, -0.25) is 19.0 Å². The third-order valence-electron chi connectivity index (χ3n) is 6.00. The summed E-state index contributed by atoms with van der Waals surface area (Å²) in [6.45, 7) is 7.40. The van der Waals surface area contributed by atoms with Gasteiger partial charge in [0.2, 0.25) is 5.91 Å². The number of amides is 1. The summed E-state index contributed by atoms with van der Waals surface area (Å²) >= 11 is 7.53. The molecule has 37 heavy (non-hydrogen) atoms. The van der Waals surface area contributed by atoms with Crippen LogP contribution in [-0.4, -0.2) is 69.5 Å². The first-order chi connectivity index (χ1) is 17.4. The number of anilines is 1. The van der Waals surface area contributed by atoms with Crippen molar-refractivity contribution in [3.63, 3.8) is 0 Å². The van der Waals surface area contributed by atoms with E-state index in [0.717, 1.165) is 9.44 Å². The number of ether oxygens (including phenoxy) is 1. The first kappa shape index (κ1) is 26.9. The molecule has 1 aliphatic heterocycles. The molecule has 0 atom stereocenters. The van der Waals surface area contributed by atoms with Crippen molar-refractivity contribution in [3.8, 4) is 17.1 Å². The lowest BCUT2D eigenvalue weighted by atomic mass is 9.96. The van der Waals surface area contributed by atoms with Crippen molar-refractivity contribution in [1.29, 1.82) is 0 Å². The second-order valence-corrected chi connectivity index (χ2v) is 11.7. The van der Waals surface area contributed by atoms with Gasteiger partial charge in [0.05, 0.1) is 29.8 Å². The van der Waals surface area contributed by atoms with E-state index in [1.54, 1.807) is 31.7 Å². The minimum absolute atomic E-state index is 0.224. The fourth-order valence-corrected chi connectivity index (χ4v) is 5.08. The smallest absolute Gasteiger partial charge is 0.254 e. The molecule has 1 saturated heterocycles. The summed E-state index contributed by atoms with van der Waals surface area (Å²) in [6, 6.07) is 8.14. The lowest BCUT2D eigenvalue weighted by molar-refractivity contribution is -0.136. The van der Waals surface area contributed by atoms with Crippen LogP contribution >= 0.6 is 22.9 Å². The average Bonchev–Trinajstić information content (AvgIpc) is 3.47. The number of hydrogen-bond acceptors (Lipinski definition) is 8. The van der Waals surface area contributed by atoms with Crippen LogP contribution in [0.1, 0.15) is 30.4 Å². The van der Waals surface area contributed by atoms with Crippen LogP contribution < -0.4 is 10.5 Å². The number of halogens is 1. The largest absolute Gasteiger partial charge is 0.494 e.